The molecule has 0 fully saturated rings. The average Bonchev–Trinajstić information content (AvgIpc) is 2.40. The first-order valence-corrected chi connectivity index (χ1v) is 8.27. The third-order valence-corrected chi connectivity index (χ3v) is 6.26. The lowest BCUT2D eigenvalue weighted by Gasteiger charge is -2.17. The number of carbonyl (C=O) groups excluding carboxylic acids is 1. The zero-order valence-electron chi connectivity index (χ0n) is 11.7. The van der Waals surface area contributed by atoms with Crippen LogP contribution in [0.3, 0.4) is 0 Å². The minimum Gasteiger partial charge on any atom is -0.397 e. The Morgan fingerprint density at radius 1 is 1.40 bits per heavy atom. The average molecular weight is 319 g/mol. The molecule has 0 bridgehead atoms. The molecule has 5 nitrogen and oxygen atoms in total. The maximum Gasteiger partial charge on any atom is 0.242 e. The molecule has 3 N–H and O–H groups in total. The van der Waals surface area contributed by atoms with E-state index < -0.39 is 26.2 Å². The van der Waals surface area contributed by atoms with E-state index in [-0.39, 0.29) is 0 Å². The molecule has 7 heteroatoms. The molecule has 20 heavy (non-hydrogen) atoms. The number of anilines is 2. The summed E-state index contributed by atoms with van der Waals surface area (Å²) in [6, 6.07) is 4.60. The van der Waals surface area contributed by atoms with Crippen LogP contribution in [0.1, 0.15) is 27.2 Å². The lowest BCUT2D eigenvalue weighted by Crippen LogP contribution is -2.37. The number of nitrogen functional groups attached to an aromatic ring is 1. The molecule has 0 spiro atoms. The predicted molar refractivity (Wildman–Crippen MR) is 82.6 cm³/mol. The Bertz CT molecular complexity index is 602. The van der Waals surface area contributed by atoms with Gasteiger partial charge < -0.3 is 11.1 Å². The van der Waals surface area contributed by atoms with Crippen molar-refractivity contribution in [2.24, 2.45) is 0 Å². The number of rotatable bonds is 5. The third-order valence-electron chi connectivity index (χ3n) is 3.26. The second kappa shape index (κ2) is 6.45. The molecule has 0 heterocycles. The summed E-state index contributed by atoms with van der Waals surface area (Å²) in [5.74, 6) is -0.577. The molecule has 1 rings (SSSR count). The summed E-state index contributed by atoms with van der Waals surface area (Å²) in [6.07, 6.45) is 0.466. The van der Waals surface area contributed by atoms with Crippen molar-refractivity contribution >= 4 is 38.7 Å². The highest BCUT2D eigenvalue weighted by Gasteiger charge is 2.32. The standard InChI is InChI=1S/C13H19ClN2O3S/c1-4-8(2)20(18,19)9(3)13(17)16-10-5-6-11(14)12(15)7-10/h5-9H,4,15H2,1-3H3,(H,16,17). The number of sulfone groups is 1. The summed E-state index contributed by atoms with van der Waals surface area (Å²) in [5, 5.41) is 1.24. The zero-order valence-corrected chi connectivity index (χ0v) is 13.3. The highest BCUT2D eigenvalue weighted by molar-refractivity contribution is 7.93. The van der Waals surface area contributed by atoms with Crippen molar-refractivity contribution in [2.75, 3.05) is 11.1 Å². The number of carbonyl (C=O) groups is 1. The van der Waals surface area contributed by atoms with E-state index >= 15 is 0 Å². The molecule has 0 saturated carbocycles. The van der Waals surface area contributed by atoms with Gasteiger partial charge in [-0.15, -0.1) is 0 Å². The second-order valence-electron chi connectivity index (χ2n) is 4.68. The summed E-state index contributed by atoms with van der Waals surface area (Å²) in [4.78, 5) is 12.0. The van der Waals surface area contributed by atoms with Crippen LogP contribution in [-0.2, 0) is 14.6 Å². The molecule has 1 amide bonds. The Morgan fingerprint density at radius 3 is 2.50 bits per heavy atom. The number of hydrogen-bond donors (Lipinski definition) is 2. The van der Waals surface area contributed by atoms with Crippen LogP contribution in [0.4, 0.5) is 11.4 Å². The molecule has 0 saturated heterocycles. The van der Waals surface area contributed by atoms with Gasteiger partial charge in [-0.25, -0.2) is 8.42 Å². The van der Waals surface area contributed by atoms with Gasteiger partial charge in [0.2, 0.25) is 5.91 Å². The first-order chi connectivity index (χ1) is 9.20. The van der Waals surface area contributed by atoms with Gasteiger partial charge in [0.1, 0.15) is 5.25 Å². The molecule has 0 aliphatic carbocycles. The topological polar surface area (TPSA) is 89.3 Å². The number of amides is 1. The van der Waals surface area contributed by atoms with E-state index in [9.17, 15) is 13.2 Å². The van der Waals surface area contributed by atoms with Crippen LogP contribution in [0.2, 0.25) is 5.02 Å². The Balaban J connectivity index is 2.88. The van der Waals surface area contributed by atoms with Crippen molar-refractivity contribution in [1.82, 2.24) is 0 Å². The van der Waals surface area contributed by atoms with Crippen molar-refractivity contribution in [1.29, 1.82) is 0 Å². The van der Waals surface area contributed by atoms with Gasteiger partial charge in [-0.1, -0.05) is 18.5 Å². The van der Waals surface area contributed by atoms with Crippen molar-refractivity contribution in [3.05, 3.63) is 23.2 Å². The smallest absolute Gasteiger partial charge is 0.242 e. The van der Waals surface area contributed by atoms with Crippen LogP contribution in [0.15, 0.2) is 18.2 Å². The molecule has 1 aromatic carbocycles. The van der Waals surface area contributed by atoms with Gasteiger partial charge in [-0.05, 0) is 38.5 Å². The van der Waals surface area contributed by atoms with E-state index in [2.05, 4.69) is 5.32 Å². The molecular weight excluding hydrogens is 300 g/mol. The fourth-order valence-corrected chi connectivity index (χ4v) is 3.23. The van der Waals surface area contributed by atoms with E-state index in [4.69, 9.17) is 17.3 Å². The Kier molecular flexibility index (Phi) is 5.42. The summed E-state index contributed by atoms with van der Waals surface area (Å²) < 4.78 is 24.2. The maximum atomic E-state index is 12.1. The monoisotopic (exact) mass is 318 g/mol. The van der Waals surface area contributed by atoms with Crippen LogP contribution in [-0.4, -0.2) is 24.8 Å². The van der Waals surface area contributed by atoms with E-state index in [1.807, 2.05) is 0 Å². The van der Waals surface area contributed by atoms with Gasteiger partial charge in [0.25, 0.3) is 0 Å². The highest BCUT2D eigenvalue weighted by Crippen LogP contribution is 2.23. The normalized spacial score (nSPS) is 14.6. The lowest BCUT2D eigenvalue weighted by atomic mass is 10.2. The Morgan fingerprint density at radius 2 is 2.00 bits per heavy atom. The van der Waals surface area contributed by atoms with E-state index in [1.54, 1.807) is 26.0 Å². The summed E-state index contributed by atoms with van der Waals surface area (Å²) in [5.41, 5.74) is 6.37. The van der Waals surface area contributed by atoms with Crippen molar-refractivity contribution < 1.29 is 13.2 Å². The van der Waals surface area contributed by atoms with Crippen LogP contribution in [0.25, 0.3) is 0 Å². The third kappa shape index (κ3) is 3.64. The highest BCUT2D eigenvalue weighted by atomic mass is 35.5. The number of nitrogens with two attached hydrogens (primary N) is 1. The van der Waals surface area contributed by atoms with Gasteiger partial charge >= 0.3 is 0 Å². The first kappa shape index (κ1) is 16.8. The van der Waals surface area contributed by atoms with Crippen molar-refractivity contribution in [3.63, 3.8) is 0 Å². The van der Waals surface area contributed by atoms with Gasteiger partial charge in [-0.3, -0.25) is 4.79 Å². The minimum absolute atomic E-state index is 0.321. The maximum absolute atomic E-state index is 12.1. The molecule has 2 atom stereocenters. The summed E-state index contributed by atoms with van der Waals surface area (Å²) in [6.45, 7) is 4.75. The van der Waals surface area contributed by atoms with Gasteiger partial charge in [0, 0.05) is 5.69 Å². The first-order valence-electron chi connectivity index (χ1n) is 6.28. The number of nitrogens with one attached hydrogen (secondary N) is 1. The van der Waals surface area contributed by atoms with Crippen LogP contribution >= 0.6 is 11.6 Å². The Labute approximate surface area is 124 Å². The molecule has 0 radical (unpaired) electrons. The fourth-order valence-electron chi connectivity index (χ4n) is 1.60. The second-order valence-corrected chi connectivity index (χ2v) is 7.77. The molecule has 1 aromatic rings. The summed E-state index contributed by atoms with van der Waals surface area (Å²) in [7, 11) is -3.50. The summed E-state index contributed by atoms with van der Waals surface area (Å²) >= 11 is 5.78. The molecular formula is C13H19ClN2O3S. The number of hydrogen-bond acceptors (Lipinski definition) is 4. The number of halogens is 1. The largest absolute Gasteiger partial charge is 0.397 e. The fraction of sp³-hybridized carbons (Fsp3) is 0.462. The molecule has 0 aliphatic heterocycles. The molecule has 2 unspecified atom stereocenters. The Hall–Kier alpha value is -1.27. The lowest BCUT2D eigenvalue weighted by molar-refractivity contribution is -0.115. The molecule has 0 aliphatic rings. The van der Waals surface area contributed by atoms with Crippen LogP contribution in [0.5, 0.6) is 0 Å². The van der Waals surface area contributed by atoms with Gasteiger partial charge in [-0.2, -0.15) is 0 Å². The quantitative estimate of drug-likeness (QED) is 0.816. The zero-order chi connectivity index (χ0) is 15.5. The van der Waals surface area contributed by atoms with Gasteiger partial charge in [0.05, 0.1) is 16.0 Å². The SMILES string of the molecule is CCC(C)S(=O)(=O)C(C)C(=O)Nc1ccc(Cl)c(N)c1. The van der Waals surface area contributed by atoms with E-state index in [0.29, 0.717) is 22.8 Å². The minimum atomic E-state index is -3.50. The number of benzene rings is 1. The van der Waals surface area contributed by atoms with Crippen LogP contribution < -0.4 is 11.1 Å². The van der Waals surface area contributed by atoms with Crippen molar-refractivity contribution in [2.45, 2.75) is 37.7 Å². The van der Waals surface area contributed by atoms with Crippen molar-refractivity contribution in [3.8, 4) is 0 Å². The van der Waals surface area contributed by atoms with E-state index in [0.717, 1.165) is 0 Å². The molecule has 0 aromatic heterocycles. The van der Waals surface area contributed by atoms with E-state index in [1.165, 1.54) is 13.0 Å². The predicted octanol–water partition coefficient (Wildman–Crippen LogP) is 2.46. The molecule has 112 valence electrons. The van der Waals surface area contributed by atoms with Gasteiger partial charge in [0.15, 0.2) is 9.84 Å². The van der Waals surface area contributed by atoms with Crippen LogP contribution in [0, 0.1) is 0 Å².